The number of piperazine rings is 1. The van der Waals surface area contributed by atoms with Crippen LogP contribution in [0.4, 0.5) is 21.9 Å². The molecule has 1 aliphatic rings. The van der Waals surface area contributed by atoms with Gasteiger partial charge in [-0.2, -0.15) is 0 Å². The zero-order valence-corrected chi connectivity index (χ0v) is 20.7. The number of anilines is 3. The van der Waals surface area contributed by atoms with Crippen LogP contribution in [0.25, 0.3) is 0 Å². The molecule has 2 aromatic rings. The van der Waals surface area contributed by atoms with Crippen LogP contribution in [-0.2, 0) is 0 Å². The predicted octanol–water partition coefficient (Wildman–Crippen LogP) is 4.08. The summed E-state index contributed by atoms with van der Waals surface area (Å²) in [5.74, 6) is 0.716. The van der Waals surface area contributed by atoms with Gasteiger partial charge in [-0.25, -0.2) is 4.79 Å². The molecule has 0 atom stereocenters. The molecule has 8 heteroatoms. The summed E-state index contributed by atoms with van der Waals surface area (Å²) in [5, 5.41) is 8.68. The highest BCUT2D eigenvalue weighted by Gasteiger charge is 2.24. The summed E-state index contributed by atoms with van der Waals surface area (Å²) in [6.45, 7) is 9.73. The number of methoxy groups -OCH3 is 1. The van der Waals surface area contributed by atoms with Crippen LogP contribution >= 0.6 is 0 Å². The van der Waals surface area contributed by atoms with Crippen molar-refractivity contribution in [3.05, 3.63) is 48.0 Å². The van der Waals surface area contributed by atoms with Crippen LogP contribution in [0, 0.1) is 0 Å². The van der Waals surface area contributed by atoms with Crippen LogP contribution in [0.2, 0.25) is 0 Å². The zero-order valence-electron chi connectivity index (χ0n) is 20.7. The first-order valence-electron chi connectivity index (χ1n) is 12.1. The second-order valence-corrected chi connectivity index (χ2v) is 8.74. The molecule has 184 valence electrons. The Hall–Kier alpha value is -3.42. The monoisotopic (exact) mass is 467 g/mol. The maximum atomic E-state index is 13.0. The van der Waals surface area contributed by atoms with Crippen molar-refractivity contribution in [3.63, 3.8) is 0 Å². The molecular weight excluding hydrogens is 430 g/mol. The number of hydrogen-bond acceptors (Lipinski definition) is 5. The molecule has 3 amide bonds. The highest BCUT2D eigenvalue weighted by atomic mass is 16.5. The molecule has 3 N–H and O–H groups in total. The van der Waals surface area contributed by atoms with Gasteiger partial charge in [0.05, 0.1) is 18.4 Å². The van der Waals surface area contributed by atoms with E-state index in [1.54, 1.807) is 13.2 Å². The standard InChI is InChI=1S/C26H37N5O3/c1-5-6-13-27-26(33)29-20-11-12-22(21(18-20)25(32)28-19(2)3)30-14-16-31(17-15-30)23-9-7-8-10-24(23)34-4/h7-12,18-19H,5-6,13-17H2,1-4H3,(H,28,32)(H2,27,29,33). The Morgan fingerprint density at radius 3 is 2.32 bits per heavy atom. The maximum absolute atomic E-state index is 13.0. The smallest absolute Gasteiger partial charge is 0.319 e. The van der Waals surface area contributed by atoms with Gasteiger partial charge in [0.2, 0.25) is 0 Å². The lowest BCUT2D eigenvalue weighted by Gasteiger charge is -2.38. The molecule has 2 aromatic carbocycles. The molecule has 1 saturated heterocycles. The number of carbonyl (C=O) groups is 2. The quantitative estimate of drug-likeness (QED) is 0.484. The van der Waals surface area contributed by atoms with Crippen LogP contribution in [0.1, 0.15) is 44.0 Å². The SMILES string of the molecule is CCCCNC(=O)Nc1ccc(N2CCN(c3ccccc3OC)CC2)c(C(=O)NC(C)C)c1. The molecule has 8 nitrogen and oxygen atoms in total. The molecule has 1 fully saturated rings. The summed E-state index contributed by atoms with van der Waals surface area (Å²) < 4.78 is 5.53. The van der Waals surface area contributed by atoms with Gasteiger partial charge in [0.1, 0.15) is 5.75 Å². The summed E-state index contributed by atoms with van der Waals surface area (Å²) in [5.41, 5.74) is 3.11. The van der Waals surface area contributed by atoms with E-state index in [1.165, 1.54) is 0 Å². The van der Waals surface area contributed by atoms with E-state index in [0.29, 0.717) is 17.8 Å². The fourth-order valence-corrected chi connectivity index (χ4v) is 4.04. The second kappa shape index (κ2) is 12.2. The van der Waals surface area contributed by atoms with Crippen molar-refractivity contribution in [1.29, 1.82) is 0 Å². The van der Waals surface area contributed by atoms with Gasteiger partial charge in [-0.1, -0.05) is 25.5 Å². The summed E-state index contributed by atoms with van der Waals surface area (Å²) in [6.07, 6.45) is 1.94. The number of unbranched alkanes of at least 4 members (excludes halogenated alkanes) is 1. The Morgan fingerprint density at radius 2 is 1.68 bits per heavy atom. The average Bonchev–Trinajstić information content (AvgIpc) is 2.84. The van der Waals surface area contributed by atoms with Crippen LogP contribution < -0.4 is 30.5 Å². The minimum absolute atomic E-state index is 0.0108. The van der Waals surface area contributed by atoms with Crippen LogP contribution in [0.15, 0.2) is 42.5 Å². The first kappa shape index (κ1) is 25.2. The highest BCUT2D eigenvalue weighted by Crippen LogP contribution is 2.31. The maximum Gasteiger partial charge on any atom is 0.319 e. The van der Waals surface area contributed by atoms with Gasteiger partial charge in [0.15, 0.2) is 0 Å². The van der Waals surface area contributed by atoms with E-state index in [9.17, 15) is 9.59 Å². The lowest BCUT2D eigenvalue weighted by molar-refractivity contribution is 0.0943. The Morgan fingerprint density at radius 1 is 1.00 bits per heavy atom. The van der Waals surface area contributed by atoms with Crippen molar-refractivity contribution in [3.8, 4) is 5.75 Å². The van der Waals surface area contributed by atoms with E-state index in [2.05, 4.69) is 38.7 Å². The molecule has 3 rings (SSSR count). The number of carbonyl (C=O) groups excluding carboxylic acids is 2. The van der Waals surface area contributed by atoms with Crippen molar-refractivity contribution in [1.82, 2.24) is 10.6 Å². The van der Waals surface area contributed by atoms with Crippen molar-refractivity contribution >= 4 is 29.0 Å². The number of benzene rings is 2. The van der Waals surface area contributed by atoms with Crippen molar-refractivity contribution in [2.24, 2.45) is 0 Å². The predicted molar refractivity (Wildman–Crippen MR) is 138 cm³/mol. The summed E-state index contributed by atoms with van der Waals surface area (Å²) >= 11 is 0. The number of nitrogens with one attached hydrogen (secondary N) is 3. The number of rotatable bonds is 9. The van der Waals surface area contributed by atoms with E-state index >= 15 is 0 Å². The number of amides is 3. The van der Waals surface area contributed by atoms with Gasteiger partial charge < -0.3 is 30.5 Å². The molecule has 1 heterocycles. The molecule has 0 radical (unpaired) electrons. The highest BCUT2D eigenvalue weighted by molar-refractivity contribution is 6.02. The minimum atomic E-state index is -0.262. The fourth-order valence-electron chi connectivity index (χ4n) is 4.04. The molecule has 0 aliphatic carbocycles. The number of hydrogen-bond donors (Lipinski definition) is 3. The van der Waals surface area contributed by atoms with Crippen molar-refractivity contribution < 1.29 is 14.3 Å². The van der Waals surface area contributed by atoms with E-state index in [1.807, 2.05) is 44.2 Å². The normalized spacial score (nSPS) is 13.6. The third-order valence-corrected chi connectivity index (χ3v) is 5.78. The molecule has 0 spiro atoms. The van der Waals surface area contributed by atoms with Gasteiger partial charge in [-0.15, -0.1) is 0 Å². The van der Waals surface area contributed by atoms with Crippen LogP contribution in [0.3, 0.4) is 0 Å². The van der Waals surface area contributed by atoms with Gasteiger partial charge in [-0.05, 0) is 50.6 Å². The van der Waals surface area contributed by atoms with E-state index in [-0.39, 0.29) is 18.0 Å². The summed E-state index contributed by atoms with van der Waals surface area (Å²) in [7, 11) is 1.69. The number of ether oxygens (including phenoxy) is 1. The van der Waals surface area contributed by atoms with E-state index in [0.717, 1.165) is 56.1 Å². The van der Waals surface area contributed by atoms with Crippen LogP contribution in [0.5, 0.6) is 5.75 Å². The lowest BCUT2D eigenvalue weighted by Crippen LogP contribution is -2.47. The number of nitrogens with zero attached hydrogens (tertiary/aromatic N) is 2. The van der Waals surface area contributed by atoms with Gasteiger partial charge >= 0.3 is 6.03 Å². The molecule has 0 aromatic heterocycles. The van der Waals surface area contributed by atoms with E-state index in [4.69, 9.17) is 4.74 Å². The summed E-state index contributed by atoms with van der Waals surface area (Å²) in [6, 6.07) is 13.3. The van der Waals surface area contributed by atoms with Crippen LogP contribution in [-0.4, -0.2) is 57.8 Å². The van der Waals surface area contributed by atoms with Gasteiger partial charge in [-0.3, -0.25) is 4.79 Å². The van der Waals surface area contributed by atoms with Crippen molar-refractivity contribution in [2.75, 3.05) is 55.0 Å². The fraction of sp³-hybridized carbons (Fsp3) is 0.462. The molecular formula is C26H37N5O3. The number of para-hydroxylation sites is 2. The molecule has 34 heavy (non-hydrogen) atoms. The number of urea groups is 1. The molecule has 0 saturated carbocycles. The third-order valence-electron chi connectivity index (χ3n) is 5.78. The average molecular weight is 468 g/mol. The Balaban J connectivity index is 1.76. The zero-order chi connectivity index (χ0) is 24.5. The van der Waals surface area contributed by atoms with Gasteiger partial charge in [0, 0.05) is 50.1 Å². The second-order valence-electron chi connectivity index (χ2n) is 8.74. The summed E-state index contributed by atoms with van der Waals surface area (Å²) in [4.78, 5) is 29.8. The first-order valence-corrected chi connectivity index (χ1v) is 12.1. The third kappa shape index (κ3) is 6.56. The Bertz CT molecular complexity index is 971. The molecule has 1 aliphatic heterocycles. The van der Waals surface area contributed by atoms with Gasteiger partial charge in [0.25, 0.3) is 5.91 Å². The first-order chi connectivity index (χ1) is 16.4. The Kier molecular flexibility index (Phi) is 9.01. The Labute approximate surface area is 202 Å². The lowest BCUT2D eigenvalue weighted by atomic mass is 10.1. The van der Waals surface area contributed by atoms with E-state index < -0.39 is 0 Å². The largest absolute Gasteiger partial charge is 0.495 e. The molecule has 0 bridgehead atoms. The topological polar surface area (TPSA) is 85.9 Å². The molecule has 0 unspecified atom stereocenters. The minimum Gasteiger partial charge on any atom is -0.495 e. The van der Waals surface area contributed by atoms with Crippen molar-refractivity contribution in [2.45, 2.75) is 39.7 Å².